The fourth-order valence-electron chi connectivity index (χ4n) is 2.09. The molecule has 96 valence electrons. The van der Waals surface area contributed by atoms with E-state index < -0.39 is 0 Å². The molecule has 0 radical (unpaired) electrons. The van der Waals surface area contributed by atoms with Crippen LogP contribution in [0.3, 0.4) is 0 Å². The normalized spacial score (nSPS) is 11.3. The van der Waals surface area contributed by atoms with Crippen molar-refractivity contribution in [2.75, 3.05) is 0 Å². The summed E-state index contributed by atoms with van der Waals surface area (Å²) in [6, 6.07) is 20.1. The summed E-state index contributed by atoms with van der Waals surface area (Å²) in [5.41, 5.74) is 3.41. The second kappa shape index (κ2) is 6.69. The fourth-order valence-corrected chi connectivity index (χ4v) is 2.09. The first-order valence-corrected chi connectivity index (χ1v) is 6.52. The van der Waals surface area contributed by atoms with Crippen LogP contribution >= 0.6 is 0 Å². The molecule has 0 amide bonds. The van der Waals surface area contributed by atoms with Gasteiger partial charge in [-0.05, 0) is 30.5 Å². The van der Waals surface area contributed by atoms with Crippen molar-refractivity contribution in [3.8, 4) is 0 Å². The molecule has 0 aliphatic heterocycles. The topological polar surface area (TPSA) is 17.1 Å². The Balaban J connectivity index is 1.95. The van der Waals surface area contributed by atoms with E-state index in [4.69, 9.17) is 0 Å². The summed E-state index contributed by atoms with van der Waals surface area (Å²) in [7, 11) is 0. The van der Waals surface area contributed by atoms with Crippen LogP contribution in [0.5, 0.6) is 0 Å². The van der Waals surface area contributed by atoms with Crippen LogP contribution in [0, 0.1) is 0 Å². The van der Waals surface area contributed by atoms with Crippen LogP contribution in [0.15, 0.2) is 72.3 Å². The van der Waals surface area contributed by atoms with Gasteiger partial charge in [-0.15, -0.1) is 0 Å². The average Bonchev–Trinajstić information content (AvgIpc) is 2.40. The summed E-state index contributed by atoms with van der Waals surface area (Å²) in [5.74, 6) is 0.166. The van der Waals surface area contributed by atoms with Crippen molar-refractivity contribution in [2.24, 2.45) is 0 Å². The number of allylic oxidation sites excluding steroid dienone is 2. The highest BCUT2D eigenvalue weighted by Crippen LogP contribution is 2.08. The first kappa shape index (κ1) is 13.3. The monoisotopic (exact) mass is 250 g/mol. The van der Waals surface area contributed by atoms with Gasteiger partial charge >= 0.3 is 0 Å². The maximum Gasteiger partial charge on any atom is 0.160 e. The van der Waals surface area contributed by atoms with Crippen molar-refractivity contribution in [3.05, 3.63) is 83.4 Å². The first-order valence-electron chi connectivity index (χ1n) is 6.52. The van der Waals surface area contributed by atoms with Gasteiger partial charge in [0.2, 0.25) is 0 Å². The van der Waals surface area contributed by atoms with Crippen molar-refractivity contribution in [1.82, 2.24) is 0 Å². The molecule has 0 fully saturated rings. The van der Waals surface area contributed by atoms with Crippen molar-refractivity contribution < 1.29 is 4.79 Å². The lowest BCUT2D eigenvalue weighted by Crippen LogP contribution is -2.00. The lowest BCUT2D eigenvalue weighted by molar-refractivity contribution is -0.114. The molecule has 0 aliphatic carbocycles. The van der Waals surface area contributed by atoms with Crippen LogP contribution in [-0.2, 0) is 17.6 Å². The fraction of sp³-hybridized carbons (Fsp3) is 0.167. The summed E-state index contributed by atoms with van der Waals surface area (Å²) in [5, 5.41) is 0. The van der Waals surface area contributed by atoms with E-state index in [1.54, 1.807) is 6.08 Å². The summed E-state index contributed by atoms with van der Waals surface area (Å²) < 4.78 is 0. The minimum Gasteiger partial charge on any atom is -0.294 e. The molecule has 2 aromatic carbocycles. The standard InChI is InChI=1S/C18H18O/c1-15(12-16-8-4-2-5-9-16)13-18(19)14-17-10-6-3-7-11-17/h2-11,13H,12,14H2,1H3. The quantitative estimate of drug-likeness (QED) is 0.733. The third-order valence-corrected chi connectivity index (χ3v) is 2.95. The molecule has 0 saturated heterocycles. The van der Waals surface area contributed by atoms with Crippen molar-refractivity contribution in [1.29, 1.82) is 0 Å². The smallest absolute Gasteiger partial charge is 0.160 e. The maximum atomic E-state index is 11.9. The number of hydrogen-bond acceptors (Lipinski definition) is 1. The number of carbonyl (C=O) groups excluding carboxylic acids is 1. The van der Waals surface area contributed by atoms with Crippen LogP contribution < -0.4 is 0 Å². The molecule has 2 aromatic rings. The zero-order valence-electron chi connectivity index (χ0n) is 11.2. The molecule has 1 nitrogen and oxygen atoms in total. The van der Waals surface area contributed by atoms with Gasteiger partial charge in [0.05, 0.1) is 0 Å². The Hall–Kier alpha value is -2.15. The SMILES string of the molecule is CC(=CC(=O)Cc1ccccc1)Cc1ccccc1. The molecule has 0 bridgehead atoms. The highest BCUT2D eigenvalue weighted by molar-refractivity contribution is 5.92. The maximum absolute atomic E-state index is 11.9. The van der Waals surface area contributed by atoms with E-state index in [2.05, 4.69) is 12.1 Å². The number of hydrogen-bond donors (Lipinski definition) is 0. The van der Waals surface area contributed by atoms with E-state index in [9.17, 15) is 4.79 Å². The molecular formula is C18H18O. The Morgan fingerprint density at radius 2 is 1.32 bits per heavy atom. The summed E-state index contributed by atoms with van der Waals surface area (Å²) >= 11 is 0. The number of ketones is 1. The number of benzene rings is 2. The minimum atomic E-state index is 0.166. The zero-order valence-corrected chi connectivity index (χ0v) is 11.2. The predicted octanol–water partition coefficient (Wildman–Crippen LogP) is 3.99. The van der Waals surface area contributed by atoms with Gasteiger partial charge < -0.3 is 0 Å². The molecule has 0 aromatic heterocycles. The molecule has 0 atom stereocenters. The van der Waals surface area contributed by atoms with Gasteiger partial charge in [0, 0.05) is 6.42 Å². The van der Waals surface area contributed by atoms with E-state index in [1.807, 2.05) is 55.5 Å². The van der Waals surface area contributed by atoms with E-state index >= 15 is 0 Å². The molecule has 0 unspecified atom stereocenters. The largest absolute Gasteiger partial charge is 0.294 e. The lowest BCUT2D eigenvalue weighted by atomic mass is 10.0. The first-order chi connectivity index (χ1) is 9.24. The molecular weight excluding hydrogens is 232 g/mol. The van der Waals surface area contributed by atoms with Crippen molar-refractivity contribution in [2.45, 2.75) is 19.8 Å². The van der Waals surface area contributed by atoms with E-state index in [0.717, 1.165) is 17.6 Å². The summed E-state index contributed by atoms with van der Waals surface area (Å²) in [4.78, 5) is 11.9. The van der Waals surface area contributed by atoms with Gasteiger partial charge in [-0.1, -0.05) is 66.2 Å². The van der Waals surface area contributed by atoms with Crippen LogP contribution in [-0.4, -0.2) is 5.78 Å². The summed E-state index contributed by atoms with van der Waals surface area (Å²) in [6.07, 6.45) is 3.08. The number of carbonyl (C=O) groups is 1. The van der Waals surface area contributed by atoms with Gasteiger partial charge in [0.1, 0.15) is 0 Å². The molecule has 0 saturated carbocycles. The zero-order chi connectivity index (χ0) is 13.5. The molecule has 0 heterocycles. The predicted molar refractivity (Wildman–Crippen MR) is 79.1 cm³/mol. The molecule has 0 spiro atoms. The molecule has 0 N–H and O–H groups in total. The second-order valence-corrected chi connectivity index (χ2v) is 4.78. The highest BCUT2D eigenvalue weighted by atomic mass is 16.1. The van der Waals surface area contributed by atoms with Crippen LogP contribution in [0.2, 0.25) is 0 Å². The average molecular weight is 250 g/mol. The van der Waals surface area contributed by atoms with E-state index in [1.165, 1.54) is 5.56 Å². The second-order valence-electron chi connectivity index (χ2n) is 4.78. The number of rotatable bonds is 5. The van der Waals surface area contributed by atoms with Gasteiger partial charge in [-0.3, -0.25) is 4.79 Å². The third-order valence-electron chi connectivity index (χ3n) is 2.95. The van der Waals surface area contributed by atoms with Gasteiger partial charge in [0.15, 0.2) is 5.78 Å². The van der Waals surface area contributed by atoms with Gasteiger partial charge in [0.25, 0.3) is 0 Å². The third kappa shape index (κ3) is 4.55. The van der Waals surface area contributed by atoms with Crippen molar-refractivity contribution in [3.63, 3.8) is 0 Å². The molecule has 1 heteroatoms. The van der Waals surface area contributed by atoms with E-state index in [0.29, 0.717) is 6.42 Å². The lowest BCUT2D eigenvalue weighted by Gasteiger charge is -2.02. The van der Waals surface area contributed by atoms with Crippen LogP contribution in [0.4, 0.5) is 0 Å². The Morgan fingerprint density at radius 3 is 1.84 bits per heavy atom. The summed E-state index contributed by atoms with van der Waals surface area (Å²) in [6.45, 7) is 2.01. The van der Waals surface area contributed by atoms with Gasteiger partial charge in [-0.25, -0.2) is 0 Å². The van der Waals surface area contributed by atoms with Crippen molar-refractivity contribution >= 4 is 5.78 Å². The Kier molecular flexibility index (Phi) is 4.68. The minimum absolute atomic E-state index is 0.166. The highest BCUT2D eigenvalue weighted by Gasteiger charge is 2.01. The Labute approximate surface area is 114 Å². The van der Waals surface area contributed by atoms with Crippen LogP contribution in [0.25, 0.3) is 0 Å². The Bertz CT molecular complexity index is 553. The molecule has 2 rings (SSSR count). The van der Waals surface area contributed by atoms with E-state index in [-0.39, 0.29) is 5.78 Å². The Morgan fingerprint density at radius 1 is 0.842 bits per heavy atom. The molecule has 0 aliphatic rings. The van der Waals surface area contributed by atoms with Gasteiger partial charge in [-0.2, -0.15) is 0 Å². The van der Waals surface area contributed by atoms with Crippen LogP contribution in [0.1, 0.15) is 18.1 Å². The molecule has 19 heavy (non-hydrogen) atoms.